The fraction of sp³-hybridized carbons (Fsp3) is 0.271. The maximum absolute atomic E-state index is 16.0. The zero-order chi connectivity index (χ0) is 100. The zero-order valence-corrected chi connectivity index (χ0v) is 85.9. The fourth-order valence-corrected chi connectivity index (χ4v) is 23.7. The highest BCUT2D eigenvalue weighted by molar-refractivity contribution is 7.14. The van der Waals surface area contributed by atoms with Gasteiger partial charge in [0.25, 0.3) is 47.3 Å². The summed E-state index contributed by atoms with van der Waals surface area (Å²) in [5, 5.41) is 15.2. The molecule has 24 heteroatoms. The van der Waals surface area contributed by atoms with Crippen molar-refractivity contribution >= 4 is 203 Å². The number of benzene rings is 14. The van der Waals surface area contributed by atoms with E-state index in [1.165, 1.54) is 19.6 Å². The van der Waals surface area contributed by atoms with Gasteiger partial charge in [0.1, 0.15) is 0 Å². The van der Waals surface area contributed by atoms with Crippen molar-refractivity contribution in [3.63, 3.8) is 0 Å². The lowest BCUT2D eigenvalue weighted by Crippen LogP contribution is -2.42. The van der Waals surface area contributed by atoms with E-state index in [1.807, 2.05) is 213 Å². The summed E-state index contributed by atoms with van der Waals surface area (Å²) in [6.07, 6.45) is 0. The third-order valence-corrected chi connectivity index (χ3v) is 30.6. The lowest BCUT2D eigenvalue weighted by molar-refractivity contribution is 0.0877. The molecule has 0 bridgehead atoms. The molecule has 0 saturated carbocycles. The van der Waals surface area contributed by atoms with Crippen LogP contribution in [-0.2, 0) is 0 Å². The Balaban J connectivity index is 0.000000171. The summed E-state index contributed by atoms with van der Waals surface area (Å²) in [5.74, 6) is -0.988. The summed E-state index contributed by atoms with van der Waals surface area (Å²) in [5.41, 5.74) is 15.7. The number of hydrogen-bond acceptors (Lipinski definition) is 20. The molecule has 712 valence electrons. The minimum Gasteiger partial charge on any atom is -0.347 e. The van der Waals surface area contributed by atoms with E-state index in [0.29, 0.717) is 145 Å². The highest BCUT2D eigenvalue weighted by Crippen LogP contribution is 2.58. The van der Waals surface area contributed by atoms with Crippen molar-refractivity contribution in [1.29, 1.82) is 0 Å². The van der Waals surface area contributed by atoms with Gasteiger partial charge < -0.3 is 19.6 Å². The van der Waals surface area contributed by atoms with Crippen molar-refractivity contribution in [1.82, 2.24) is 29.9 Å². The molecule has 14 aromatic carbocycles. The molecule has 0 saturated heterocycles. The van der Waals surface area contributed by atoms with Crippen LogP contribution < -0.4 is 39.2 Å². The number of fused-ring (bicyclic) bond motifs is 4. The Bertz CT molecular complexity index is 7890. The van der Waals surface area contributed by atoms with Crippen LogP contribution in [0.5, 0.6) is 0 Å². The highest BCUT2D eigenvalue weighted by atomic mass is 32.1. The first kappa shape index (κ1) is 93.2. The summed E-state index contributed by atoms with van der Waals surface area (Å²) < 4.78 is 0. The Morgan fingerprint density at radius 3 is 0.599 bits per heavy atom. The number of anilines is 8. The van der Waals surface area contributed by atoms with Crippen LogP contribution in [0.2, 0.25) is 0 Å². The quantitative estimate of drug-likeness (QED) is 0.0391. The molecule has 8 amide bonds. The van der Waals surface area contributed by atoms with Crippen LogP contribution in [0.25, 0.3) is 130 Å². The molecule has 0 N–H and O–H groups in total. The van der Waals surface area contributed by atoms with E-state index in [9.17, 15) is 0 Å². The third kappa shape index (κ3) is 13.9. The van der Waals surface area contributed by atoms with Crippen LogP contribution in [0.4, 0.5) is 46.5 Å². The second-order valence-corrected chi connectivity index (χ2v) is 43.1. The van der Waals surface area contributed by atoms with Gasteiger partial charge in [0.15, 0.2) is 11.6 Å². The SMILES string of the molecule is CC(C)c1cccc(C(C)C)c1N1C(=O)c2ccc3c4c(-c5cccs5)cc5c6c(ccc(c7c(-c8cccs8)cc(c2c37)C1=O)c64)C(=O)N(c1c(C(C)C)cccc1C(C)C)C5=O.CC(C)c1cccc(C(C)C)c1N1C(=O)c2ccc3c4c(-c5nc(N(C)C)nc(N(C)C)n5)cc5c6c(ccc(c7c(-c8nc(N(C)C)nc(N(C)C)n8)cc(c2c37)C1=O)c64)C(=O)N(c1c(C(C)C)cccc1C(C)C)C5=O. The van der Waals surface area contributed by atoms with Crippen LogP contribution in [0.1, 0.15) is 285 Å². The standard InChI is InChI=1S/C62H64N12O4.C56H46N2O4S2/c1-29(2)33-19-17-20-34(30(3)4)51(33)73-55(75)39-25-23-37-46-42(54-65-61(71(13)14)68-62(66-54)72(15)16)28-44-48-40(56(76)74(58(44)78)52-35(31(5)6)21-18-22-36(52)32(7)8)26-24-38(50(46)48)45-41(27-43(57(73)77)47(39)49(37)45)53-63-59(69(9)10)67-60(64-53)70(11)12;1-27(2)31-13-9-14-32(28(3)4)51(31)57-53(59)37-21-19-35-46-40(44-18-12-24-64-44)26-42-48-38(54(60)58(56(42)62)52-33(29(5)6)15-10-16-34(52)30(7)8)22-20-36(50(46)48)45-39(43-17-11-23-63-43)25-41(55(57)61)47(37)49(35)45/h17-32H,1-16H3;9-30H,1-8H3. The molecule has 4 aliphatic rings. The Morgan fingerprint density at radius 1 is 0.211 bits per heavy atom. The predicted octanol–water partition coefficient (Wildman–Crippen LogP) is 27.1. The van der Waals surface area contributed by atoms with Crippen molar-refractivity contribution in [2.45, 2.75) is 158 Å². The average molecular weight is 1920 g/mol. The number of carbonyl (C=O) groups is 8. The van der Waals surface area contributed by atoms with Gasteiger partial charge in [0, 0.05) is 165 Å². The Labute approximate surface area is 832 Å². The highest BCUT2D eigenvalue weighted by Gasteiger charge is 2.47. The van der Waals surface area contributed by atoms with Crippen molar-refractivity contribution in [2.24, 2.45) is 0 Å². The van der Waals surface area contributed by atoms with E-state index < -0.39 is 23.6 Å². The molecule has 22 rings (SSSR count). The minimum atomic E-state index is -0.485. The second-order valence-electron chi connectivity index (χ2n) is 41.2. The molecule has 0 spiro atoms. The monoisotopic (exact) mass is 1910 g/mol. The van der Waals surface area contributed by atoms with Gasteiger partial charge >= 0.3 is 0 Å². The summed E-state index contributed by atoms with van der Waals surface area (Å²) in [6, 6.07) is 55.2. The van der Waals surface area contributed by atoms with E-state index in [4.69, 9.17) is 29.9 Å². The largest absolute Gasteiger partial charge is 0.347 e. The summed E-state index contributed by atoms with van der Waals surface area (Å²) in [7, 11) is 14.8. The number of carbonyl (C=O) groups excluding carboxylic acids is 8. The van der Waals surface area contributed by atoms with Crippen molar-refractivity contribution < 1.29 is 38.4 Å². The van der Waals surface area contributed by atoms with Gasteiger partial charge in [0.05, 0.1) is 22.7 Å². The van der Waals surface area contributed by atoms with Crippen LogP contribution in [0.15, 0.2) is 181 Å². The molecule has 4 aliphatic heterocycles. The fourth-order valence-electron chi connectivity index (χ4n) is 22.2. The predicted molar refractivity (Wildman–Crippen MR) is 580 cm³/mol. The van der Waals surface area contributed by atoms with Gasteiger partial charge in [-0.3, -0.25) is 38.4 Å². The van der Waals surface area contributed by atoms with Gasteiger partial charge in [-0.2, -0.15) is 29.9 Å². The van der Waals surface area contributed by atoms with E-state index in [-0.39, 0.29) is 93.7 Å². The van der Waals surface area contributed by atoms with Gasteiger partial charge in [-0.05, 0) is 217 Å². The van der Waals surface area contributed by atoms with Gasteiger partial charge in [0.2, 0.25) is 23.8 Å². The lowest BCUT2D eigenvalue weighted by atomic mass is 9.78. The molecule has 22 nitrogen and oxygen atoms in total. The molecule has 18 aromatic rings. The second kappa shape index (κ2) is 34.4. The molecule has 142 heavy (non-hydrogen) atoms. The van der Waals surface area contributed by atoms with E-state index in [2.05, 4.69) is 123 Å². The molecular weight excluding hydrogens is 1810 g/mol. The lowest BCUT2D eigenvalue weighted by Gasteiger charge is -2.34. The maximum atomic E-state index is 16.0. The first-order valence-electron chi connectivity index (χ1n) is 48.7. The van der Waals surface area contributed by atoms with Crippen molar-refractivity contribution in [2.75, 3.05) is 95.6 Å². The molecular formula is C118H110N14O8S2. The number of imide groups is 4. The van der Waals surface area contributed by atoms with E-state index in [1.54, 1.807) is 54.4 Å². The van der Waals surface area contributed by atoms with Gasteiger partial charge in [-0.1, -0.05) is 220 Å². The Hall–Kier alpha value is -15.1. The number of para-hydroxylation sites is 4. The number of hydrogen-bond donors (Lipinski definition) is 0. The molecule has 0 fully saturated rings. The molecule has 0 atom stereocenters. The first-order valence-corrected chi connectivity index (χ1v) is 50.5. The molecule has 0 aliphatic carbocycles. The van der Waals surface area contributed by atoms with Crippen LogP contribution in [0.3, 0.4) is 0 Å². The molecule has 8 heterocycles. The third-order valence-electron chi connectivity index (χ3n) is 28.8. The van der Waals surface area contributed by atoms with Crippen LogP contribution in [-0.4, -0.2) is 134 Å². The summed E-state index contributed by atoms with van der Waals surface area (Å²) in [6.45, 7) is 33.3. The topological polar surface area (TPSA) is 240 Å². The number of nitrogens with zero attached hydrogens (tertiary/aromatic N) is 14. The Kier molecular flexibility index (Phi) is 22.6. The zero-order valence-electron chi connectivity index (χ0n) is 84.3. The first-order chi connectivity index (χ1) is 67.8. The Morgan fingerprint density at radius 2 is 0.408 bits per heavy atom. The number of rotatable bonds is 20. The van der Waals surface area contributed by atoms with Crippen molar-refractivity contribution in [3.05, 3.63) is 270 Å². The summed E-state index contributed by atoms with van der Waals surface area (Å²) >= 11 is 3.18. The van der Waals surface area contributed by atoms with Crippen molar-refractivity contribution in [3.8, 4) is 43.7 Å². The van der Waals surface area contributed by atoms with Crippen LogP contribution >= 0.6 is 22.7 Å². The molecule has 4 aromatic heterocycles. The number of amides is 8. The molecule has 0 unspecified atom stereocenters. The summed E-state index contributed by atoms with van der Waals surface area (Å²) in [4.78, 5) is 169. The average Bonchev–Trinajstić information content (AvgIpc) is 0.973. The van der Waals surface area contributed by atoms with E-state index in [0.717, 1.165) is 97.7 Å². The smallest absolute Gasteiger partial charge is 0.266 e. The minimum absolute atomic E-state index is 0.0211. The number of thiophene rings is 2. The van der Waals surface area contributed by atoms with Crippen LogP contribution in [0, 0.1) is 0 Å². The normalized spacial score (nSPS) is 13.9. The van der Waals surface area contributed by atoms with E-state index >= 15 is 38.4 Å². The molecule has 0 radical (unpaired) electrons. The van der Waals surface area contributed by atoms with Gasteiger partial charge in [-0.15, -0.1) is 22.7 Å². The number of aromatic nitrogens is 6. The van der Waals surface area contributed by atoms with Gasteiger partial charge in [-0.25, -0.2) is 19.6 Å². The maximum Gasteiger partial charge on any atom is 0.266 e.